The van der Waals surface area contributed by atoms with Gasteiger partial charge >= 0.3 is 0 Å². The molecule has 0 aromatic carbocycles. The number of nitrogens with zero attached hydrogens (tertiary/aromatic N) is 1. The van der Waals surface area contributed by atoms with Crippen LogP contribution in [0.4, 0.5) is 0 Å². The second-order valence-electron chi connectivity index (χ2n) is 2.85. The lowest BCUT2D eigenvalue weighted by molar-refractivity contribution is 0.591. The van der Waals surface area contributed by atoms with E-state index in [1.807, 2.05) is 0 Å². The summed E-state index contributed by atoms with van der Waals surface area (Å²) in [6.45, 7) is 0.322. The van der Waals surface area contributed by atoms with E-state index in [2.05, 4.69) is 9.97 Å². The molecular formula is C7H11N3O3S. The predicted molar refractivity (Wildman–Crippen MR) is 50.7 cm³/mol. The van der Waals surface area contributed by atoms with Gasteiger partial charge in [0.1, 0.15) is 0 Å². The molecule has 1 rings (SSSR count). The summed E-state index contributed by atoms with van der Waals surface area (Å²) in [6.07, 6.45) is 2.60. The number of rotatable bonds is 3. The Kier molecular flexibility index (Phi) is 3.02. The highest BCUT2D eigenvalue weighted by atomic mass is 32.2. The van der Waals surface area contributed by atoms with Crippen molar-refractivity contribution in [3.63, 3.8) is 0 Å². The molecule has 0 aliphatic heterocycles. The Hall–Kier alpha value is -1.21. The van der Waals surface area contributed by atoms with Crippen molar-refractivity contribution < 1.29 is 8.42 Å². The summed E-state index contributed by atoms with van der Waals surface area (Å²) in [6, 6.07) is 0. The number of aromatic amines is 1. The van der Waals surface area contributed by atoms with Crippen molar-refractivity contribution in [2.24, 2.45) is 5.73 Å². The zero-order valence-electron chi connectivity index (χ0n) is 7.65. The second kappa shape index (κ2) is 3.89. The third-order valence-corrected chi connectivity index (χ3v) is 2.52. The Morgan fingerprint density at radius 2 is 2.21 bits per heavy atom. The summed E-state index contributed by atoms with van der Waals surface area (Å²) in [7, 11) is -3.45. The summed E-state index contributed by atoms with van der Waals surface area (Å²) in [5, 5.41) is -0.316. The smallest absolute Gasteiger partial charge is 0.254 e. The highest BCUT2D eigenvalue weighted by Gasteiger charge is 2.10. The third kappa shape index (κ3) is 2.39. The van der Waals surface area contributed by atoms with Crippen LogP contribution in [-0.2, 0) is 16.3 Å². The van der Waals surface area contributed by atoms with Gasteiger partial charge < -0.3 is 5.73 Å². The lowest BCUT2D eigenvalue weighted by Gasteiger charge is -1.99. The van der Waals surface area contributed by atoms with E-state index < -0.39 is 15.4 Å². The zero-order valence-corrected chi connectivity index (χ0v) is 8.47. The summed E-state index contributed by atoms with van der Waals surface area (Å²) in [5.74, 6) is 0. The van der Waals surface area contributed by atoms with E-state index in [4.69, 9.17) is 5.73 Å². The first kappa shape index (κ1) is 10.9. The van der Waals surface area contributed by atoms with Crippen LogP contribution in [0.1, 0.15) is 5.56 Å². The minimum absolute atomic E-state index is 0.316. The van der Waals surface area contributed by atoms with Crippen molar-refractivity contribution in [1.29, 1.82) is 0 Å². The van der Waals surface area contributed by atoms with Crippen LogP contribution in [0.15, 0.2) is 16.1 Å². The monoisotopic (exact) mass is 217 g/mol. The van der Waals surface area contributed by atoms with Gasteiger partial charge in [0.25, 0.3) is 5.56 Å². The van der Waals surface area contributed by atoms with E-state index in [-0.39, 0.29) is 5.16 Å². The van der Waals surface area contributed by atoms with Crippen LogP contribution in [-0.4, -0.2) is 31.2 Å². The van der Waals surface area contributed by atoms with Gasteiger partial charge in [-0.25, -0.2) is 13.4 Å². The maximum atomic E-state index is 11.3. The SMILES string of the molecule is CS(=O)(=O)c1ncc(CCN)c(=O)[nH]1. The van der Waals surface area contributed by atoms with E-state index >= 15 is 0 Å². The first-order valence-corrected chi connectivity index (χ1v) is 5.82. The van der Waals surface area contributed by atoms with E-state index in [0.29, 0.717) is 18.5 Å². The van der Waals surface area contributed by atoms with Crippen LogP contribution in [0.25, 0.3) is 0 Å². The fourth-order valence-electron chi connectivity index (χ4n) is 0.927. The maximum absolute atomic E-state index is 11.3. The van der Waals surface area contributed by atoms with Crippen LogP contribution < -0.4 is 11.3 Å². The Morgan fingerprint density at radius 1 is 1.57 bits per heavy atom. The Morgan fingerprint density at radius 3 is 2.64 bits per heavy atom. The molecule has 0 saturated heterocycles. The number of nitrogens with one attached hydrogen (secondary N) is 1. The average Bonchev–Trinajstić information content (AvgIpc) is 2.07. The van der Waals surface area contributed by atoms with Gasteiger partial charge in [-0.3, -0.25) is 9.78 Å². The fourth-order valence-corrected chi connectivity index (χ4v) is 1.45. The molecule has 1 aromatic heterocycles. The standard InChI is InChI=1S/C7H11N3O3S/c1-14(12,13)7-9-4-5(2-3-8)6(11)10-7/h4H,2-3,8H2,1H3,(H,9,10,11). The molecule has 0 saturated carbocycles. The van der Waals surface area contributed by atoms with Gasteiger partial charge in [-0.2, -0.15) is 0 Å². The molecule has 0 aliphatic carbocycles. The van der Waals surface area contributed by atoms with Crippen molar-refractivity contribution in [1.82, 2.24) is 9.97 Å². The molecule has 0 amide bonds. The number of sulfone groups is 1. The van der Waals surface area contributed by atoms with E-state index in [9.17, 15) is 13.2 Å². The topological polar surface area (TPSA) is 106 Å². The van der Waals surface area contributed by atoms with E-state index in [1.165, 1.54) is 6.20 Å². The van der Waals surface area contributed by atoms with Crippen molar-refractivity contribution in [3.05, 3.63) is 22.1 Å². The summed E-state index contributed by atoms with van der Waals surface area (Å²) in [5.41, 5.74) is 5.19. The molecule has 78 valence electrons. The number of hydrogen-bond acceptors (Lipinski definition) is 5. The van der Waals surface area contributed by atoms with Crippen molar-refractivity contribution >= 4 is 9.84 Å². The van der Waals surface area contributed by atoms with Gasteiger partial charge in [-0.05, 0) is 13.0 Å². The summed E-state index contributed by atoms with van der Waals surface area (Å²) < 4.78 is 22.0. The van der Waals surface area contributed by atoms with Gasteiger partial charge in [0.2, 0.25) is 15.0 Å². The lowest BCUT2D eigenvalue weighted by Crippen LogP contribution is -2.20. The maximum Gasteiger partial charge on any atom is 0.254 e. The van der Waals surface area contributed by atoms with Crippen LogP contribution in [0.3, 0.4) is 0 Å². The molecule has 6 nitrogen and oxygen atoms in total. The average molecular weight is 217 g/mol. The quantitative estimate of drug-likeness (QED) is 0.610. The van der Waals surface area contributed by atoms with Crippen LogP contribution >= 0.6 is 0 Å². The molecule has 0 radical (unpaired) electrons. The number of hydrogen-bond donors (Lipinski definition) is 2. The first-order chi connectivity index (χ1) is 6.45. The molecule has 0 unspecified atom stereocenters. The molecule has 7 heteroatoms. The molecule has 0 spiro atoms. The minimum Gasteiger partial charge on any atom is -0.330 e. The Labute approximate surface area is 81.1 Å². The molecule has 1 aromatic rings. The lowest BCUT2D eigenvalue weighted by atomic mass is 10.2. The number of H-pyrrole nitrogens is 1. The van der Waals surface area contributed by atoms with Crippen LogP contribution in [0, 0.1) is 0 Å². The van der Waals surface area contributed by atoms with Gasteiger partial charge in [-0.15, -0.1) is 0 Å². The third-order valence-electron chi connectivity index (χ3n) is 1.61. The molecule has 0 fully saturated rings. The number of aromatic nitrogens is 2. The zero-order chi connectivity index (χ0) is 10.8. The van der Waals surface area contributed by atoms with Gasteiger partial charge in [-0.1, -0.05) is 0 Å². The fraction of sp³-hybridized carbons (Fsp3) is 0.429. The molecule has 1 heterocycles. The molecule has 14 heavy (non-hydrogen) atoms. The van der Waals surface area contributed by atoms with Gasteiger partial charge in [0.05, 0.1) is 0 Å². The molecule has 0 aliphatic rings. The number of nitrogens with two attached hydrogens (primary N) is 1. The molecule has 0 bridgehead atoms. The van der Waals surface area contributed by atoms with Crippen molar-refractivity contribution in [3.8, 4) is 0 Å². The molecule has 0 atom stereocenters. The highest BCUT2D eigenvalue weighted by molar-refractivity contribution is 7.90. The molecular weight excluding hydrogens is 206 g/mol. The predicted octanol–water partition coefficient (Wildman–Crippen LogP) is -1.33. The van der Waals surface area contributed by atoms with Gasteiger partial charge in [0, 0.05) is 18.0 Å². The van der Waals surface area contributed by atoms with Crippen molar-refractivity contribution in [2.75, 3.05) is 12.8 Å². The van der Waals surface area contributed by atoms with E-state index in [1.54, 1.807) is 0 Å². The van der Waals surface area contributed by atoms with Crippen molar-refractivity contribution in [2.45, 2.75) is 11.6 Å². The first-order valence-electron chi connectivity index (χ1n) is 3.93. The Bertz CT molecular complexity index is 477. The van der Waals surface area contributed by atoms with Gasteiger partial charge in [0.15, 0.2) is 0 Å². The minimum atomic E-state index is -3.45. The summed E-state index contributed by atoms with van der Waals surface area (Å²) >= 11 is 0. The summed E-state index contributed by atoms with van der Waals surface area (Å²) in [4.78, 5) is 17.1. The van der Waals surface area contributed by atoms with Crippen LogP contribution in [0.2, 0.25) is 0 Å². The Balaban J connectivity index is 3.20. The van der Waals surface area contributed by atoms with E-state index in [0.717, 1.165) is 6.26 Å². The molecule has 3 N–H and O–H groups in total. The largest absolute Gasteiger partial charge is 0.330 e. The normalized spacial score (nSPS) is 11.6. The highest BCUT2D eigenvalue weighted by Crippen LogP contribution is 1.97. The van der Waals surface area contributed by atoms with Crippen LogP contribution in [0.5, 0.6) is 0 Å². The second-order valence-corrected chi connectivity index (χ2v) is 4.78.